The SMILES string of the molecule is COc1ccc2c(c1)CC(NCC(CCO)c1ccccc1)CO2. The van der Waals surface area contributed by atoms with Crippen LogP contribution in [-0.4, -0.2) is 38.0 Å². The third-order valence-corrected chi connectivity index (χ3v) is 4.58. The van der Waals surface area contributed by atoms with Gasteiger partial charge < -0.3 is 19.9 Å². The van der Waals surface area contributed by atoms with Crippen LogP contribution in [0.2, 0.25) is 0 Å². The van der Waals surface area contributed by atoms with Crippen molar-refractivity contribution < 1.29 is 14.6 Å². The molecule has 3 rings (SSSR count). The lowest BCUT2D eigenvalue weighted by Gasteiger charge is -2.28. The fourth-order valence-corrected chi connectivity index (χ4v) is 3.21. The normalized spacial score (nSPS) is 17.7. The van der Waals surface area contributed by atoms with Crippen LogP contribution in [0.1, 0.15) is 23.5 Å². The van der Waals surface area contributed by atoms with Crippen LogP contribution >= 0.6 is 0 Å². The van der Waals surface area contributed by atoms with Crippen molar-refractivity contribution in [2.24, 2.45) is 0 Å². The quantitative estimate of drug-likeness (QED) is 0.821. The Morgan fingerprint density at radius 2 is 2.08 bits per heavy atom. The molecule has 0 saturated carbocycles. The molecule has 0 radical (unpaired) electrons. The highest BCUT2D eigenvalue weighted by molar-refractivity contribution is 5.42. The van der Waals surface area contributed by atoms with Crippen LogP contribution in [0.4, 0.5) is 0 Å². The van der Waals surface area contributed by atoms with E-state index in [-0.39, 0.29) is 12.6 Å². The number of hydrogen-bond donors (Lipinski definition) is 2. The van der Waals surface area contributed by atoms with Gasteiger partial charge in [0.1, 0.15) is 18.1 Å². The van der Waals surface area contributed by atoms with E-state index < -0.39 is 0 Å². The Bertz CT molecular complexity index is 645. The van der Waals surface area contributed by atoms with Gasteiger partial charge in [0.15, 0.2) is 0 Å². The van der Waals surface area contributed by atoms with Gasteiger partial charge >= 0.3 is 0 Å². The van der Waals surface area contributed by atoms with Crippen molar-refractivity contribution in [2.45, 2.75) is 24.8 Å². The van der Waals surface area contributed by atoms with Gasteiger partial charge in [-0.25, -0.2) is 0 Å². The molecule has 4 nitrogen and oxygen atoms in total. The molecule has 0 bridgehead atoms. The molecule has 2 unspecified atom stereocenters. The van der Waals surface area contributed by atoms with Gasteiger partial charge in [-0.1, -0.05) is 30.3 Å². The summed E-state index contributed by atoms with van der Waals surface area (Å²) in [7, 11) is 1.68. The van der Waals surface area contributed by atoms with Gasteiger partial charge in [0.2, 0.25) is 0 Å². The molecule has 1 aliphatic heterocycles. The molecule has 0 aromatic heterocycles. The first-order chi connectivity index (χ1) is 11.8. The van der Waals surface area contributed by atoms with Gasteiger partial charge in [0.25, 0.3) is 0 Å². The van der Waals surface area contributed by atoms with Crippen molar-refractivity contribution in [1.82, 2.24) is 5.32 Å². The summed E-state index contributed by atoms with van der Waals surface area (Å²) in [4.78, 5) is 0. The summed E-state index contributed by atoms with van der Waals surface area (Å²) in [5, 5.41) is 13.0. The Kier molecular flexibility index (Phi) is 5.72. The highest BCUT2D eigenvalue weighted by Gasteiger charge is 2.21. The molecule has 0 aliphatic carbocycles. The van der Waals surface area contributed by atoms with Crippen molar-refractivity contribution in [1.29, 1.82) is 0 Å². The Morgan fingerprint density at radius 1 is 1.25 bits per heavy atom. The van der Waals surface area contributed by atoms with E-state index in [4.69, 9.17) is 9.47 Å². The first kappa shape index (κ1) is 16.8. The zero-order valence-corrected chi connectivity index (χ0v) is 14.1. The van der Waals surface area contributed by atoms with E-state index in [1.807, 2.05) is 36.4 Å². The molecule has 2 aromatic rings. The van der Waals surface area contributed by atoms with E-state index in [0.717, 1.165) is 30.9 Å². The molecule has 1 aliphatic rings. The van der Waals surface area contributed by atoms with E-state index >= 15 is 0 Å². The molecule has 0 spiro atoms. The lowest BCUT2D eigenvalue weighted by atomic mass is 9.95. The van der Waals surface area contributed by atoms with Crippen LogP contribution < -0.4 is 14.8 Å². The maximum atomic E-state index is 9.36. The number of benzene rings is 2. The lowest BCUT2D eigenvalue weighted by molar-refractivity contribution is 0.230. The molecule has 24 heavy (non-hydrogen) atoms. The molecule has 0 fully saturated rings. The standard InChI is InChI=1S/C20H25NO3/c1-23-19-7-8-20-17(12-19)11-18(14-24-20)21-13-16(9-10-22)15-5-3-2-4-6-15/h2-8,12,16,18,21-22H,9-11,13-14H2,1H3. The molecule has 0 saturated heterocycles. The topological polar surface area (TPSA) is 50.7 Å². The van der Waals surface area contributed by atoms with Crippen LogP contribution in [0.25, 0.3) is 0 Å². The fraction of sp³-hybridized carbons (Fsp3) is 0.400. The second-order valence-corrected chi connectivity index (χ2v) is 6.21. The molecule has 2 aromatic carbocycles. The molecular weight excluding hydrogens is 302 g/mol. The van der Waals surface area contributed by atoms with Gasteiger partial charge in [0, 0.05) is 19.2 Å². The van der Waals surface area contributed by atoms with Crippen molar-refractivity contribution in [3.63, 3.8) is 0 Å². The van der Waals surface area contributed by atoms with Gasteiger partial charge in [-0.3, -0.25) is 0 Å². The van der Waals surface area contributed by atoms with E-state index in [0.29, 0.717) is 12.5 Å². The molecule has 2 atom stereocenters. The van der Waals surface area contributed by atoms with Crippen LogP contribution in [0.3, 0.4) is 0 Å². The van der Waals surface area contributed by atoms with Gasteiger partial charge in [-0.2, -0.15) is 0 Å². The Hall–Kier alpha value is -2.04. The first-order valence-electron chi connectivity index (χ1n) is 8.49. The zero-order valence-electron chi connectivity index (χ0n) is 14.1. The minimum absolute atomic E-state index is 0.197. The number of rotatable bonds is 7. The molecular formula is C20H25NO3. The lowest BCUT2D eigenvalue weighted by Crippen LogP contribution is -2.41. The monoisotopic (exact) mass is 327 g/mol. The van der Waals surface area contributed by atoms with Crippen LogP contribution in [-0.2, 0) is 6.42 Å². The summed E-state index contributed by atoms with van der Waals surface area (Å²) in [5.74, 6) is 2.12. The molecule has 1 heterocycles. The van der Waals surface area contributed by atoms with Gasteiger partial charge in [0.05, 0.1) is 7.11 Å². The fourth-order valence-electron chi connectivity index (χ4n) is 3.21. The summed E-state index contributed by atoms with van der Waals surface area (Å²) in [6.45, 7) is 1.69. The van der Waals surface area contributed by atoms with Crippen LogP contribution in [0.5, 0.6) is 11.5 Å². The average molecular weight is 327 g/mol. The summed E-state index contributed by atoms with van der Waals surface area (Å²) < 4.78 is 11.2. The number of aliphatic hydroxyl groups is 1. The predicted octanol–water partition coefficient (Wildman–Crippen LogP) is 2.75. The summed E-state index contributed by atoms with van der Waals surface area (Å²) >= 11 is 0. The first-order valence-corrected chi connectivity index (χ1v) is 8.49. The molecule has 4 heteroatoms. The van der Waals surface area contributed by atoms with Crippen molar-refractivity contribution in [3.05, 3.63) is 59.7 Å². The van der Waals surface area contributed by atoms with Crippen LogP contribution in [0.15, 0.2) is 48.5 Å². The smallest absolute Gasteiger partial charge is 0.122 e. The van der Waals surface area contributed by atoms with E-state index in [9.17, 15) is 5.11 Å². The molecule has 2 N–H and O–H groups in total. The number of ether oxygens (including phenoxy) is 2. The van der Waals surface area contributed by atoms with Crippen molar-refractivity contribution in [3.8, 4) is 11.5 Å². The predicted molar refractivity (Wildman–Crippen MR) is 94.9 cm³/mol. The maximum Gasteiger partial charge on any atom is 0.122 e. The van der Waals surface area contributed by atoms with E-state index in [2.05, 4.69) is 17.4 Å². The minimum Gasteiger partial charge on any atom is -0.497 e. The average Bonchev–Trinajstić information content (AvgIpc) is 2.65. The largest absolute Gasteiger partial charge is 0.497 e. The third kappa shape index (κ3) is 4.08. The summed E-state index contributed by atoms with van der Waals surface area (Å²) in [6, 6.07) is 16.6. The second kappa shape index (κ2) is 8.18. The highest BCUT2D eigenvalue weighted by Crippen LogP contribution is 2.29. The zero-order chi connectivity index (χ0) is 16.8. The Morgan fingerprint density at radius 3 is 2.83 bits per heavy atom. The maximum absolute atomic E-state index is 9.36. The molecule has 0 amide bonds. The number of methoxy groups -OCH3 is 1. The van der Waals surface area contributed by atoms with Gasteiger partial charge in [-0.05, 0) is 48.1 Å². The highest BCUT2D eigenvalue weighted by atomic mass is 16.5. The van der Waals surface area contributed by atoms with E-state index in [1.165, 1.54) is 11.1 Å². The number of aliphatic hydroxyl groups excluding tert-OH is 1. The van der Waals surface area contributed by atoms with Crippen molar-refractivity contribution >= 4 is 0 Å². The Balaban J connectivity index is 1.61. The molecule has 128 valence electrons. The van der Waals surface area contributed by atoms with Crippen LogP contribution in [0, 0.1) is 0 Å². The third-order valence-electron chi connectivity index (χ3n) is 4.58. The second-order valence-electron chi connectivity index (χ2n) is 6.21. The summed E-state index contributed by atoms with van der Waals surface area (Å²) in [6.07, 6.45) is 1.68. The number of nitrogens with one attached hydrogen (secondary N) is 1. The Labute approximate surface area is 143 Å². The number of hydrogen-bond acceptors (Lipinski definition) is 4. The number of fused-ring (bicyclic) bond motifs is 1. The minimum atomic E-state index is 0.197. The van der Waals surface area contributed by atoms with Gasteiger partial charge in [-0.15, -0.1) is 0 Å². The van der Waals surface area contributed by atoms with Crippen molar-refractivity contribution in [2.75, 3.05) is 26.9 Å². The summed E-state index contributed by atoms with van der Waals surface area (Å²) in [5.41, 5.74) is 2.44. The van der Waals surface area contributed by atoms with E-state index in [1.54, 1.807) is 7.11 Å².